The third-order valence-electron chi connectivity index (χ3n) is 3.95. The Morgan fingerprint density at radius 3 is 2.50 bits per heavy atom. The molecule has 2 atom stereocenters. The lowest BCUT2D eigenvalue weighted by molar-refractivity contribution is 0.0843. The van der Waals surface area contributed by atoms with Crippen molar-refractivity contribution in [2.75, 3.05) is 19.6 Å². The Morgan fingerprint density at radius 2 is 1.89 bits per heavy atom. The molecule has 1 saturated heterocycles. The highest BCUT2D eigenvalue weighted by Gasteiger charge is 2.28. The number of hydrogen-bond acceptors (Lipinski definition) is 2. The molecule has 2 unspecified atom stereocenters. The zero-order valence-electron chi connectivity index (χ0n) is 11.5. The molecule has 2 rings (SSSR count). The quantitative estimate of drug-likeness (QED) is 0.887. The molecule has 0 aromatic heterocycles. The third-order valence-corrected chi connectivity index (χ3v) is 3.95. The van der Waals surface area contributed by atoms with E-state index in [0.717, 1.165) is 19.6 Å². The second-order valence-corrected chi connectivity index (χ2v) is 5.48. The molecule has 0 spiro atoms. The molecule has 1 aromatic carbocycles. The minimum atomic E-state index is -0.160. The molecule has 1 aliphatic rings. The average molecular weight is 250 g/mol. The lowest BCUT2D eigenvalue weighted by Gasteiger charge is -2.42. The van der Waals surface area contributed by atoms with Gasteiger partial charge >= 0.3 is 0 Å². The fourth-order valence-corrected chi connectivity index (χ4v) is 2.77. The molecule has 2 nitrogen and oxygen atoms in total. The summed E-state index contributed by atoms with van der Waals surface area (Å²) >= 11 is 0. The number of nitrogens with one attached hydrogen (secondary N) is 1. The number of benzene rings is 1. The van der Waals surface area contributed by atoms with E-state index in [9.17, 15) is 4.39 Å². The van der Waals surface area contributed by atoms with Gasteiger partial charge in [0.2, 0.25) is 0 Å². The van der Waals surface area contributed by atoms with Crippen LogP contribution in [0.5, 0.6) is 0 Å². The van der Waals surface area contributed by atoms with Crippen LogP contribution in [-0.2, 0) is 0 Å². The van der Waals surface area contributed by atoms with Crippen LogP contribution in [0.2, 0.25) is 0 Å². The summed E-state index contributed by atoms with van der Waals surface area (Å²) in [5, 5.41) is 3.46. The molecule has 3 heteroatoms. The molecule has 1 fully saturated rings. The molecule has 0 bridgehead atoms. The first-order valence-corrected chi connectivity index (χ1v) is 6.81. The zero-order chi connectivity index (χ0) is 13.1. The summed E-state index contributed by atoms with van der Waals surface area (Å²) < 4.78 is 13.0. The van der Waals surface area contributed by atoms with E-state index in [1.54, 1.807) is 12.1 Å². The van der Waals surface area contributed by atoms with Crippen molar-refractivity contribution in [3.05, 3.63) is 35.6 Å². The van der Waals surface area contributed by atoms with Gasteiger partial charge in [0.05, 0.1) is 0 Å². The molecule has 18 heavy (non-hydrogen) atoms. The van der Waals surface area contributed by atoms with Gasteiger partial charge < -0.3 is 5.32 Å². The summed E-state index contributed by atoms with van der Waals surface area (Å²) in [6.45, 7) is 9.89. The van der Waals surface area contributed by atoms with Crippen molar-refractivity contribution in [3.8, 4) is 0 Å². The van der Waals surface area contributed by atoms with E-state index in [1.165, 1.54) is 5.56 Å². The Kier molecular flexibility index (Phi) is 4.36. The molecule has 1 aromatic rings. The van der Waals surface area contributed by atoms with E-state index >= 15 is 0 Å². The maximum Gasteiger partial charge on any atom is 0.123 e. The van der Waals surface area contributed by atoms with Crippen molar-refractivity contribution in [1.29, 1.82) is 0 Å². The van der Waals surface area contributed by atoms with Crippen molar-refractivity contribution in [2.45, 2.75) is 32.9 Å². The van der Waals surface area contributed by atoms with E-state index in [-0.39, 0.29) is 5.82 Å². The highest BCUT2D eigenvalue weighted by molar-refractivity contribution is 5.20. The molecule has 0 amide bonds. The van der Waals surface area contributed by atoms with E-state index < -0.39 is 0 Å². The fraction of sp³-hybridized carbons (Fsp3) is 0.600. The Labute approximate surface area is 109 Å². The van der Waals surface area contributed by atoms with Crippen molar-refractivity contribution < 1.29 is 4.39 Å². The maximum atomic E-state index is 13.0. The SMILES string of the molecule is CC(C)C1CNCCN1C(C)c1ccc(F)cc1. The minimum Gasteiger partial charge on any atom is -0.314 e. The Bertz CT molecular complexity index is 375. The minimum absolute atomic E-state index is 0.160. The van der Waals surface area contributed by atoms with Crippen molar-refractivity contribution >= 4 is 0 Å². The van der Waals surface area contributed by atoms with E-state index in [1.807, 2.05) is 12.1 Å². The molecular formula is C15H23FN2. The topological polar surface area (TPSA) is 15.3 Å². The van der Waals surface area contributed by atoms with Gasteiger partial charge in [-0.1, -0.05) is 26.0 Å². The van der Waals surface area contributed by atoms with Crippen LogP contribution in [0, 0.1) is 11.7 Å². The molecule has 0 aliphatic carbocycles. The van der Waals surface area contributed by atoms with Gasteiger partial charge in [0.25, 0.3) is 0 Å². The fourth-order valence-electron chi connectivity index (χ4n) is 2.77. The van der Waals surface area contributed by atoms with Crippen LogP contribution in [-0.4, -0.2) is 30.6 Å². The Balaban J connectivity index is 2.15. The standard InChI is InChI=1S/C15H23FN2/c1-11(2)15-10-17-8-9-18(15)12(3)13-4-6-14(16)7-5-13/h4-7,11-12,15,17H,8-10H2,1-3H3. The molecule has 0 radical (unpaired) electrons. The lowest BCUT2D eigenvalue weighted by Crippen LogP contribution is -2.54. The van der Waals surface area contributed by atoms with Crippen LogP contribution in [0.15, 0.2) is 24.3 Å². The Hall–Kier alpha value is -0.930. The van der Waals surface area contributed by atoms with Gasteiger partial charge in [-0.25, -0.2) is 4.39 Å². The summed E-state index contributed by atoms with van der Waals surface area (Å²) in [5.41, 5.74) is 1.20. The largest absolute Gasteiger partial charge is 0.314 e. The highest BCUT2D eigenvalue weighted by Crippen LogP contribution is 2.26. The van der Waals surface area contributed by atoms with Gasteiger partial charge in [-0.3, -0.25) is 4.90 Å². The third kappa shape index (κ3) is 2.90. The van der Waals surface area contributed by atoms with Gasteiger partial charge in [0.1, 0.15) is 5.82 Å². The first-order chi connectivity index (χ1) is 8.59. The monoisotopic (exact) mass is 250 g/mol. The van der Waals surface area contributed by atoms with E-state index in [4.69, 9.17) is 0 Å². The predicted octanol–water partition coefficient (Wildman–Crippen LogP) is 2.82. The van der Waals surface area contributed by atoms with Gasteiger partial charge in [-0.2, -0.15) is 0 Å². The number of hydrogen-bond donors (Lipinski definition) is 1. The molecular weight excluding hydrogens is 227 g/mol. The first kappa shape index (κ1) is 13.5. The molecule has 1 aliphatic heterocycles. The van der Waals surface area contributed by atoms with Crippen LogP contribution in [0.4, 0.5) is 4.39 Å². The highest BCUT2D eigenvalue weighted by atomic mass is 19.1. The normalized spacial score (nSPS) is 23.3. The maximum absolute atomic E-state index is 13.0. The summed E-state index contributed by atoms with van der Waals surface area (Å²) in [5.74, 6) is 0.465. The second kappa shape index (κ2) is 5.81. The van der Waals surface area contributed by atoms with Gasteiger partial charge in [-0.05, 0) is 30.5 Å². The van der Waals surface area contributed by atoms with Crippen molar-refractivity contribution in [2.24, 2.45) is 5.92 Å². The summed E-state index contributed by atoms with van der Waals surface area (Å²) in [6, 6.07) is 7.81. The van der Waals surface area contributed by atoms with Crippen LogP contribution in [0.25, 0.3) is 0 Å². The van der Waals surface area contributed by atoms with Crippen molar-refractivity contribution in [3.63, 3.8) is 0 Å². The van der Waals surface area contributed by atoms with Crippen LogP contribution in [0.3, 0.4) is 0 Å². The van der Waals surface area contributed by atoms with Gasteiger partial charge in [0, 0.05) is 31.7 Å². The summed E-state index contributed by atoms with van der Waals surface area (Å²) in [7, 11) is 0. The van der Waals surface area contributed by atoms with E-state index in [2.05, 4.69) is 31.0 Å². The Morgan fingerprint density at radius 1 is 1.22 bits per heavy atom. The number of halogens is 1. The second-order valence-electron chi connectivity index (χ2n) is 5.48. The first-order valence-electron chi connectivity index (χ1n) is 6.81. The zero-order valence-corrected chi connectivity index (χ0v) is 11.5. The van der Waals surface area contributed by atoms with Gasteiger partial charge in [0.15, 0.2) is 0 Å². The lowest BCUT2D eigenvalue weighted by atomic mass is 9.96. The number of piperazine rings is 1. The summed E-state index contributed by atoms with van der Waals surface area (Å²) in [4.78, 5) is 2.54. The predicted molar refractivity (Wildman–Crippen MR) is 73.0 cm³/mol. The molecule has 1 heterocycles. The van der Waals surface area contributed by atoms with E-state index in [0.29, 0.717) is 18.0 Å². The van der Waals surface area contributed by atoms with Crippen molar-refractivity contribution in [1.82, 2.24) is 10.2 Å². The van der Waals surface area contributed by atoms with Crippen LogP contribution in [0.1, 0.15) is 32.4 Å². The van der Waals surface area contributed by atoms with Gasteiger partial charge in [-0.15, -0.1) is 0 Å². The summed E-state index contributed by atoms with van der Waals surface area (Å²) in [6.07, 6.45) is 0. The van der Waals surface area contributed by atoms with Crippen LogP contribution >= 0.6 is 0 Å². The smallest absolute Gasteiger partial charge is 0.123 e. The molecule has 100 valence electrons. The number of nitrogens with zero attached hydrogens (tertiary/aromatic N) is 1. The molecule has 0 saturated carbocycles. The average Bonchev–Trinajstić information content (AvgIpc) is 2.39. The number of rotatable bonds is 3. The molecule has 1 N–H and O–H groups in total. The van der Waals surface area contributed by atoms with Crippen LogP contribution < -0.4 is 5.32 Å².